The van der Waals surface area contributed by atoms with Gasteiger partial charge < -0.3 is 20.5 Å². The molecule has 2 amide bonds. The van der Waals surface area contributed by atoms with Gasteiger partial charge in [0.1, 0.15) is 11.5 Å². The second-order valence-electron chi connectivity index (χ2n) is 4.33. The summed E-state index contributed by atoms with van der Waals surface area (Å²) in [5, 5.41) is 15.3. The number of rotatable bonds is 4. The van der Waals surface area contributed by atoms with Crippen LogP contribution in [0.2, 0.25) is 5.02 Å². The van der Waals surface area contributed by atoms with Gasteiger partial charge in [0.15, 0.2) is 6.23 Å². The molecular weight excluding hydrogens is 292 g/mol. The number of nitrogens with one attached hydrogen (secondary N) is 2. The molecule has 0 aliphatic heterocycles. The zero-order valence-corrected chi connectivity index (χ0v) is 12.1. The lowest BCUT2D eigenvalue weighted by molar-refractivity contribution is 0.183. The van der Waals surface area contributed by atoms with Gasteiger partial charge in [0, 0.05) is 5.02 Å². The third kappa shape index (κ3) is 4.57. The van der Waals surface area contributed by atoms with Gasteiger partial charge in [-0.05, 0) is 43.3 Å². The van der Waals surface area contributed by atoms with Crippen LogP contribution in [0.5, 0.6) is 11.5 Å². The summed E-state index contributed by atoms with van der Waals surface area (Å²) in [7, 11) is 0. The number of aromatic hydroxyl groups is 1. The fourth-order valence-electron chi connectivity index (χ4n) is 1.67. The fourth-order valence-corrected chi connectivity index (χ4v) is 1.80. The van der Waals surface area contributed by atoms with Crippen molar-refractivity contribution < 1.29 is 14.6 Å². The summed E-state index contributed by atoms with van der Waals surface area (Å²) in [4.78, 5) is 11.8. The smallest absolute Gasteiger partial charge is 0.322 e. The van der Waals surface area contributed by atoms with E-state index < -0.39 is 12.3 Å². The highest BCUT2D eigenvalue weighted by atomic mass is 35.5. The second-order valence-corrected chi connectivity index (χ2v) is 4.77. The van der Waals surface area contributed by atoms with Crippen LogP contribution in [0.4, 0.5) is 10.5 Å². The van der Waals surface area contributed by atoms with Crippen LogP contribution in [0.25, 0.3) is 0 Å². The number of hydrogen-bond donors (Lipinski definition) is 3. The standard InChI is InChI=1S/C15H15ClN2O3/c1-10(21-12-8-6-11(16)7-9-12)17-15(20)18-13-4-2-3-5-14(13)19/h2-10,19H,1H3,(H2,17,18,20). The molecule has 0 aromatic heterocycles. The molecule has 2 aromatic carbocycles. The molecule has 0 heterocycles. The predicted octanol–water partition coefficient (Wildman–Crippen LogP) is 3.59. The van der Waals surface area contributed by atoms with Crippen LogP contribution in [0.3, 0.4) is 0 Å². The zero-order valence-electron chi connectivity index (χ0n) is 11.3. The molecule has 0 bridgehead atoms. The number of hydrogen-bond acceptors (Lipinski definition) is 3. The molecule has 21 heavy (non-hydrogen) atoms. The number of benzene rings is 2. The number of halogens is 1. The largest absolute Gasteiger partial charge is 0.506 e. The number of phenols is 1. The monoisotopic (exact) mass is 306 g/mol. The van der Waals surface area contributed by atoms with Gasteiger partial charge in [0.2, 0.25) is 0 Å². The molecule has 0 saturated heterocycles. The van der Waals surface area contributed by atoms with Crippen molar-refractivity contribution in [1.29, 1.82) is 0 Å². The topological polar surface area (TPSA) is 70.6 Å². The van der Waals surface area contributed by atoms with Crippen molar-refractivity contribution in [1.82, 2.24) is 5.32 Å². The molecule has 0 aliphatic rings. The van der Waals surface area contributed by atoms with E-state index in [4.69, 9.17) is 16.3 Å². The van der Waals surface area contributed by atoms with Crippen LogP contribution in [0.1, 0.15) is 6.92 Å². The van der Waals surface area contributed by atoms with Crippen molar-refractivity contribution in [2.45, 2.75) is 13.2 Å². The molecule has 6 heteroatoms. The van der Waals surface area contributed by atoms with Gasteiger partial charge in [-0.15, -0.1) is 0 Å². The number of anilines is 1. The van der Waals surface area contributed by atoms with E-state index in [2.05, 4.69) is 10.6 Å². The lowest BCUT2D eigenvalue weighted by Crippen LogP contribution is -2.39. The summed E-state index contributed by atoms with van der Waals surface area (Å²) in [6.45, 7) is 1.69. The third-order valence-corrected chi connectivity index (χ3v) is 2.87. The van der Waals surface area contributed by atoms with Gasteiger partial charge in [-0.2, -0.15) is 0 Å². The maximum absolute atomic E-state index is 11.8. The minimum atomic E-state index is -0.544. The Balaban J connectivity index is 1.87. The molecular formula is C15H15ClN2O3. The quantitative estimate of drug-likeness (QED) is 0.597. The molecule has 0 saturated carbocycles. The van der Waals surface area contributed by atoms with Crippen LogP contribution < -0.4 is 15.4 Å². The van der Waals surface area contributed by atoms with Crippen LogP contribution in [0.15, 0.2) is 48.5 Å². The number of carbonyl (C=O) groups is 1. The van der Waals surface area contributed by atoms with E-state index >= 15 is 0 Å². The van der Waals surface area contributed by atoms with Crippen molar-refractivity contribution in [3.63, 3.8) is 0 Å². The lowest BCUT2D eigenvalue weighted by atomic mass is 10.3. The summed E-state index contributed by atoms with van der Waals surface area (Å²) in [6.07, 6.45) is -0.544. The number of ether oxygens (including phenoxy) is 1. The zero-order chi connectivity index (χ0) is 15.2. The highest BCUT2D eigenvalue weighted by Gasteiger charge is 2.10. The first-order chi connectivity index (χ1) is 10.0. The third-order valence-electron chi connectivity index (χ3n) is 2.61. The SMILES string of the molecule is CC(NC(=O)Nc1ccccc1O)Oc1ccc(Cl)cc1. The molecule has 0 fully saturated rings. The molecule has 0 aliphatic carbocycles. The average Bonchev–Trinajstić information content (AvgIpc) is 2.44. The van der Waals surface area contributed by atoms with E-state index in [9.17, 15) is 9.90 Å². The van der Waals surface area contributed by atoms with Gasteiger partial charge in [-0.1, -0.05) is 23.7 Å². The van der Waals surface area contributed by atoms with Gasteiger partial charge in [0.25, 0.3) is 0 Å². The Hall–Kier alpha value is -2.40. The van der Waals surface area contributed by atoms with Crippen LogP contribution >= 0.6 is 11.6 Å². The van der Waals surface area contributed by atoms with Gasteiger partial charge >= 0.3 is 6.03 Å². The Kier molecular flexibility index (Phi) is 4.90. The highest BCUT2D eigenvalue weighted by molar-refractivity contribution is 6.30. The fraction of sp³-hybridized carbons (Fsp3) is 0.133. The van der Waals surface area contributed by atoms with E-state index in [0.717, 1.165) is 0 Å². The molecule has 0 spiro atoms. The normalized spacial score (nSPS) is 11.5. The molecule has 2 rings (SSSR count). The van der Waals surface area contributed by atoms with E-state index in [1.54, 1.807) is 49.4 Å². The van der Waals surface area contributed by atoms with Gasteiger partial charge in [-0.3, -0.25) is 0 Å². The lowest BCUT2D eigenvalue weighted by Gasteiger charge is -2.17. The summed E-state index contributed by atoms with van der Waals surface area (Å²) in [5.41, 5.74) is 0.327. The van der Waals surface area contributed by atoms with Crippen molar-refractivity contribution in [2.75, 3.05) is 5.32 Å². The minimum Gasteiger partial charge on any atom is -0.506 e. The molecule has 110 valence electrons. The number of carbonyl (C=O) groups excluding carboxylic acids is 1. The maximum atomic E-state index is 11.8. The maximum Gasteiger partial charge on any atom is 0.322 e. The first kappa shape index (κ1) is 15.0. The van der Waals surface area contributed by atoms with Crippen molar-refractivity contribution in [3.8, 4) is 11.5 Å². The summed E-state index contributed by atoms with van der Waals surface area (Å²) in [6, 6.07) is 12.8. The molecule has 1 unspecified atom stereocenters. The molecule has 3 N–H and O–H groups in total. The van der Waals surface area contributed by atoms with E-state index in [1.165, 1.54) is 6.07 Å². The highest BCUT2D eigenvalue weighted by Crippen LogP contribution is 2.21. The Bertz CT molecular complexity index is 617. The minimum absolute atomic E-state index is 0.000998. The molecule has 2 aromatic rings. The molecule has 1 atom stereocenters. The average molecular weight is 307 g/mol. The van der Waals surface area contributed by atoms with Crippen LogP contribution in [-0.2, 0) is 0 Å². The van der Waals surface area contributed by atoms with Crippen LogP contribution in [0, 0.1) is 0 Å². The van der Waals surface area contributed by atoms with E-state index in [0.29, 0.717) is 16.5 Å². The summed E-state index contributed by atoms with van der Waals surface area (Å²) >= 11 is 5.78. The summed E-state index contributed by atoms with van der Waals surface area (Å²) < 4.78 is 5.51. The first-order valence-corrected chi connectivity index (χ1v) is 6.70. The predicted molar refractivity (Wildman–Crippen MR) is 81.8 cm³/mol. The second kappa shape index (κ2) is 6.85. The number of urea groups is 1. The van der Waals surface area contributed by atoms with E-state index in [-0.39, 0.29) is 5.75 Å². The van der Waals surface area contributed by atoms with E-state index in [1.807, 2.05) is 0 Å². The Labute approximate surface area is 127 Å². The van der Waals surface area contributed by atoms with Gasteiger partial charge in [0.05, 0.1) is 5.69 Å². The number of para-hydroxylation sites is 2. The first-order valence-electron chi connectivity index (χ1n) is 6.32. The molecule has 5 nitrogen and oxygen atoms in total. The van der Waals surface area contributed by atoms with Crippen molar-refractivity contribution in [3.05, 3.63) is 53.6 Å². The summed E-state index contributed by atoms with van der Waals surface area (Å²) in [5.74, 6) is 0.591. The van der Waals surface area contributed by atoms with Crippen molar-refractivity contribution >= 4 is 23.3 Å². The Morgan fingerprint density at radius 1 is 1.19 bits per heavy atom. The molecule has 0 radical (unpaired) electrons. The Morgan fingerprint density at radius 2 is 1.86 bits per heavy atom. The van der Waals surface area contributed by atoms with Crippen molar-refractivity contribution in [2.24, 2.45) is 0 Å². The number of phenolic OH excluding ortho intramolecular Hbond substituents is 1. The Morgan fingerprint density at radius 3 is 2.52 bits per heavy atom. The van der Waals surface area contributed by atoms with Gasteiger partial charge in [-0.25, -0.2) is 4.79 Å². The number of amides is 2. The van der Waals surface area contributed by atoms with Crippen LogP contribution in [-0.4, -0.2) is 17.4 Å².